The summed E-state index contributed by atoms with van der Waals surface area (Å²) in [5.74, 6) is -2.19. The molecule has 1 fully saturated rings. The SMILES string of the molecule is Cn1nccc1Nc1cc(-c2cc3n(c2)CC(F)(F)Cn2c-3nnc2C2(C(F)F)COC2)c(Cl)cn1. The van der Waals surface area contributed by atoms with Crippen molar-refractivity contribution in [1.82, 2.24) is 34.1 Å². The van der Waals surface area contributed by atoms with Gasteiger partial charge in [-0.15, -0.1) is 10.2 Å². The van der Waals surface area contributed by atoms with Crippen LogP contribution in [0.1, 0.15) is 5.82 Å². The maximum atomic E-state index is 15.0. The minimum atomic E-state index is -3.24. The number of halogens is 5. The molecule has 4 aromatic rings. The van der Waals surface area contributed by atoms with E-state index in [4.69, 9.17) is 16.3 Å². The van der Waals surface area contributed by atoms with Crippen molar-refractivity contribution in [3.63, 3.8) is 0 Å². The minimum absolute atomic E-state index is 0.0822. The van der Waals surface area contributed by atoms with Crippen LogP contribution in [0, 0.1) is 0 Å². The van der Waals surface area contributed by atoms with Gasteiger partial charge in [-0.3, -0.25) is 4.68 Å². The summed E-state index contributed by atoms with van der Waals surface area (Å²) in [6.45, 7) is -2.09. The van der Waals surface area contributed by atoms with Crippen molar-refractivity contribution in [2.45, 2.75) is 30.9 Å². The van der Waals surface area contributed by atoms with Gasteiger partial charge in [0.15, 0.2) is 5.82 Å². The molecule has 4 aromatic heterocycles. The number of nitrogens with zero attached hydrogens (tertiary/aromatic N) is 7. The zero-order valence-corrected chi connectivity index (χ0v) is 19.6. The lowest BCUT2D eigenvalue weighted by atomic mass is 9.85. The van der Waals surface area contributed by atoms with Gasteiger partial charge in [0.05, 0.1) is 43.2 Å². The third-order valence-corrected chi connectivity index (χ3v) is 6.79. The number of alkyl halides is 4. The maximum absolute atomic E-state index is 15.0. The zero-order valence-electron chi connectivity index (χ0n) is 18.8. The van der Waals surface area contributed by atoms with Crippen LogP contribution in [0.4, 0.5) is 29.2 Å². The number of aromatic nitrogens is 7. The second-order valence-corrected chi connectivity index (χ2v) is 9.40. The third kappa shape index (κ3) is 3.56. The average molecular weight is 523 g/mol. The van der Waals surface area contributed by atoms with Crippen molar-refractivity contribution >= 4 is 23.2 Å². The molecule has 6 heterocycles. The number of hydrogen-bond donors (Lipinski definition) is 1. The van der Waals surface area contributed by atoms with Crippen molar-refractivity contribution < 1.29 is 22.3 Å². The first-order valence-electron chi connectivity index (χ1n) is 11.0. The van der Waals surface area contributed by atoms with Gasteiger partial charge in [0, 0.05) is 36.6 Å². The predicted molar refractivity (Wildman–Crippen MR) is 122 cm³/mol. The fraction of sp³-hybridized carbons (Fsp3) is 0.364. The van der Waals surface area contributed by atoms with E-state index < -0.39 is 30.9 Å². The van der Waals surface area contributed by atoms with Gasteiger partial charge in [-0.2, -0.15) is 5.10 Å². The Bertz CT molecular complexity index is 1460. The monoisotopic (exact) mass is 522 g/mol. The van der Waals surface area contributed by atoms with Gasteiger partial charge in [-0.25, -0.2) is 22.5 Å². The largest absolute Gasteiger partial charge is 0.379 e. The van der Waals surface area contributed by atoms with Crippen LogP contribution in [0.5, 0.6) is 0 Å². The van der Waals surface area contributed by atoms with Crippen molar-refractivity contribution in [2.75, 3.05) is 18.5 Å². The van der Waals surface area contributed by atoms with Crippen molar-refractivity contribution in [3.05, 3.63) is 47.6 Å². The van der Waals surface area contributed by atoms with Gasteiger partial charge >= 0.3 is 0 Å². The van der Waals surface area contributed by atoms with E-state index in [1.54, 1.807) is 36.1 Å². The number of aryl methyl sites for hydroxylation is 1. The van der Waals surface area contributed by atoms with E-state index in [1.165, 1.54) is 17.0 Å². The molecule has 0 saturated carbocycles. The van der Waals surface area contributed by atoms with E-state index >= 15 is 8.78 Å². The molecule has 6 rings (SSSR count). The van der Waals surface area contributed by atoms with Crippen molar-refractivity contribution in [2.24, 2.45) is 7.05 Å². The molecule has 2 aliphatic heterocycles. The fourth-order valence-corrected chi connectivity index (χ4v) is 4.76. The molecule has 14 heteroatoms. The Balaban J connectivity index is 1.44. The van der Waals surface area contributed by atoms with E-state index in [1.807, 2.05) is 0 Å². The van der Waals surface area contributed by atoms with Crippen LogP contribution < -0.4 is 5.32 Å². The lowest BCUT2D eigenvalue weighted by Gasteiger charge is -2.39. The topological polar surface area (TPSA) is 87.6 Å². The lowest BCUT2D eigenvalue weighted by Crippen LogP contribution is -2.54. The third-order valence-electron chi connectivity index (χ3n) is 6.49. The van der Waals surface area contributed by atoms with E-state index in [-0.39, 0.29) is 24.9 Å². The molecule has 36 heavy (non-hydrogen) atoms. The molecule has 0 radical (unpaired) electrons. The molecule has 188 valence electrons. The lowest BCUT2D eigenvalue weighted by molar-refractivity contribution is -0.140. The Labute approximate surface area is 206 Å². The highest BCUT2D eigenvalue weighted by molar-refractivity contribution is 6.33. The molecule has 0 bridgehead atoms. The van der Waals surface area contributed by atoms with Crippen LogP contribution in [0.2, 0.25) is 5.02 Å². The smallest absolute Gasteiger partial charge is 0.283 e. The summed E-state index contributed by atoms with van der Waals surface area (Å²) in [5.41, 5.74) is -0.357. The Hall–Kier alpha value is -3.45. The van der Waals surface area contributed by atoms with E-state index in [2.05, 4.69) is 25.6 Å². The van der Waals surface area contributed by atoms with Crippen LogP contribution in [0.3, 0.4) is 0 Å². The molecule has 0 spiro atoms. The summed E-state index contributed by atoms with van der Waals surface area (Å²) < 4.78 is 67.0. The molecule has 1 N–H and O–H groups in total. The molecule has 0 unspecified atom stereocenters. The van der Waals surface area contributed by atoms with Gasteiger partial charge in [0.1, 0.15) is 22.9 Å². The maximum Gasteiger partial charge on any atom is 0.283 e. The van der Waals surface area contributed by atoms with Gasteiger partial charge in [-0.1, -0.05) is 11.6 Å². The number of anilines is 2. The molecule has 0 atom stereocenters. The number of pyridine rings is 1. The second kappa shape index (κ2) is 8.03. The highest BCUT2D eigenvalue weighted by Crippen LogP contribution is 2.42. The quantitative estimate of drug-likeness (QED) is 0.397. The summed E-state index contributed by atoms with van der Waals surface area (Å²) in [7, 11) is 1.77. The van der Waals surface area contributed by atoms with Crippen LogP contribution in [0.15, 0.2) is 36.8 Å². The molecule has 0 amide bonds. The minimum Gasteiger partial charge on any atom is -0.379 e. The molecule has 2 aliphatic rings. The summed E-state index contributed by atoms with van der Waals surface area (Å²) >= 11 is 6.43. The van der Waals surface area contributed by atoms with Gasteiger partial charge in [0.25, 0.3) is 12.3 Å². The molecule has 1 saturated heterocycles. The molecule has 0 aromatic carbocycles. The van der Waals surface area contributed by atoms with E-state index in [0.29, 0.717) is 33.5 Å². The second-order valence-electron chi connectivity index (χ2n) is 9.00. The van der Waals surface area contributed by atoms with Crippen LogP contribution in [-0.2, 0) is 30.3 Å². The fourth-order valence-electron chi connectivity index (χ4n) is 4.55. The van der Waals surface area contributed by atoms with E-state index in [9.17, 15) is 8.78 Å². The highest BCUT2D eigenvalue weighted by atomic mass is 35.5. The van der Waals surface area contributed by atoms with Gasteiger partial charge in [0.2, 0.25) is 0 Å². The first-order chi connectivity index (χ1) is 17.2. The van der Waals surface area contributed by atoms with Crippen molar-refractivity contribution in [3.8, 4) is 22.6 Å². The average Bonchev–Trinajstić information content (AvgIpc) is 3.46. The van der Waals surface area contributed by atoms with Gasteiger partial charge < -0.3 is 19.2 Å². The Morgan fingerprint density at radius 1 is 1.17 bits per heavy atom. The standard InChI is InChI=1S/C22H19ClF4N8O/c1-33-17(2-3-29-33)30-16-5-13(14(23)6-28-16)12-4-15-18-31-32-20(21(19(24)25)10-36-11-21)35(18)9-22(26,27)8-34(15)7-12/h2-7,19H,8-11H2,1H3,(H,28,30). The zero-order chi connectivity index (χ0) is 25.2. The summed E-state index contributed by atoms with van der Waals surface area (Å²) in [5, 5.41) is 15.5. The van der Waals surface area contributed by atoms with Crippen molar-refractivity contribution in [1.29, 1.82) is 0 Å². The number of nitrogens with one attached hydrogen (secondary N) is 1. The summed E-state index contributed by atoms with van der Waals surface area (Å²) in [6, 6.07) is 5.10. The highest BCUT2D eigenvalue weighted by Gasteiger charge is 2.54. The molecular weight excluding hydrogens is 504 g/mol. The normalized spacial score (nSPS) is 17.9. The molecule has 0 aliphatic carbocycles. The summed E-state index contributed by atoms with van der Waals surface area (Å²) in [4.78, 5) is 4.28. The number of ether oxygens (including phenoxy) is 1. The predicted octanol–water partition coefficient (Wildman–Crippen LogP) is 4.12. The number of hydrogen-bond acceptors (Lipinski definition) is 6. The Morgan fingerprint density at radius 3 is 2.64 bits per heavy atom. The number of fused-ring (bicyclic) bond motifs is 3. The van der Waals surface area contributed by atoms with Crippen LogP contribution in [0.25, 0.3) is 22.6 Å². The Kier molecular flexibility index (Phi) is 5.13. The van der Waals surface area contributed by atoms with Crippen LogP contribution in [-0.4, -0.2) is 59.7 Å². The van der Waals surface area contributed by atoms with E-state index in [0.717, 1.165) is 4.57 Å². The number of rotatable bonds is 5. The molecular formula is C22H19ClF4N8O. The van der Waals surface area contributed by atoms with Gasteiger partial charge in [-0.05, 0) is 12.1 Å². The molecule has 9 nitrogen and oxygen atoms in total. The summed E-state index contributed by atoms with van der Waals surface area (Å²) in [6.07, 6.45) is 1.79. The Morgan fingerprint density at radius 2 is 1.97 bits per heavy atom. The van der Waals surface area contributed by atoms with Crippen LogP contribution >= 0.6 is 11.6 Å². The first-order valence-corrected chi connectivity index (χ1v) is 11.3. The first kappa shape index (κ1) is 23.0.